The lowest BCUT2D eigenvalue weighted by Gasteiger charge is -2.44. The Morgan fingerprint density at radius 3 is 2.15 bits per heavy atom. The second kappa shape index (κ2) is 9.13. The third-order valence-electron chi connectivity index (χ3n) is 6.02. The van der Waals surface area contributed by atoms with Gasteiger partial charge in [-0.1, -0.05) is 48.0 Å². The van der Waals surface area contributed by atoms with Crippen molar-refractivity contribution in [2.75, 3.05) is 14.2 Å². The van der Waals surface area contributed by atoms with Gasteiger partial charge in [0.2, 0.25) is 0 Å². The molecule has 0 aromatic heterocycles. The van der Waals surface area contributed by atoms with Gasteiger partial charge in [-0.25, -0.2) is 9.18 Å². The lowest BCUT2D eigenvalue weighted by molar-refractivity contribution is -0.147. The molecule has 0 spiro atoms. The summed E-state index contributed by atoms with van der Waals surface area (Å²) in [6.45, 7) is 1.83. The Morgan fingerprint density at radius 1 is 1.03 bits per heavy atom. The number of nitrogens with zero attached hydrogens (tertiary/aromatic N) is 2. The van der Waals surface area contributed by atoms with Crippen LogP contribution in [0.1, 0.15) is 28.5 Å². The number of carbonyl (C=O) groups is 2. The zero-order valence-electron chi connectivity index (χ0n) is 18.2. The predicted octanol–water partition coefficient (Wildman–Crippen LogP) is 3.82. The van der Waals surface area contributed by atoms with Gasteiger partial charge >= 0.3 is 11.9 Å². The standard InChI is InChI=1S/C25H21FN2O5/c1-14-8-10-15(11-9-14)20-18(23(30)32-2)22(29)19(24(31)33-3)21(25(20,12-27)13-28)16-6-4-5-7-17(16)26/h4-11,19-21,29H,1-3H3. The third kappa shape index (κ3) is 3.70. The summed E-state index contributed by atoms with van der Waals surface area (Å²) >= 11 is 0. The zero-order chi connectivity index (χ0) is 24.3. The number of hydrogen-bond donors (Lipinski definition) is 1. The largest absolute Gasteiger partial charge is 0.511 e. The van der Waals surface area contributed by atoms with Gasteiger partial charge < -0.3 is 14.6 Å². The lowest BCUT2D eigenvalue weighted by atomic mass is 9.54. The molecule has 0 bridgehead atoms. The van der Waals surface area contributed by atoms with E-state index in [1.807, 2.05) is 19.1 Å². The highest BCUT2D eigenvalue weighted by molar-refractivity contribution is 5.94. The maximum atomic E-state index is 15.0. The molecule has 0 radical (unpaired) electrons. The second-order valence-electron chi connectivity index (χ2n) is 7.73. The molecule has 0 saturated carbocycles. The Morgan fingerprint density at radius 2 is 1.64 bits per heavy atom. The molecule has 1 aliphatic carbocycles. The van der Waals surface area contributed by atoms with Crippen molar-refractivity contribution in [3.8, 4) is 12.1 Å². The van der Waals surface area contributed by atoms with E-state index < -0.39 is 52.3 Å². The van der Waals surface area contributed by atoms with Crippen LogP contribution in [-0.2, 0) is 19.1 Å². The molecule has 7 nitrogen and oxygen atoms in total. The summed E-state index contributed by atoms with van der Waals surface area (Å²) in [5.74, 6) is -8.07. The molecule has 33 heavy (non-hydrogen) atoms. The van der Waals surface area contributed by atoms with E-state index in [1.165, 1.54) is 18.2 Å². The van der Waals surface area contributed by atoms with Crippen molar-refractivity contribution in [2.24, 2.45) is 11.3 Å². The quantitative estimate of drug-likeness (QED) is 0.706. The number of halogens is 1. The van der Waals surface area contributed by atoms with Crippen molar-refractivity contribution in [1.29, 1.82) is 10.5 Å². The number of hydrogen-bond acceptors (Lipinski definition) is 7. The number of esters is 2. The van der Waals surface area contributed by atoms with Crippen LogP contribution < -0.4 is 0 Å². The predicted molar refractivity (Wildman–Crippen MR) is 114 cm³/mol. The van der Waals surface area contributed by atoms with Gasteiger partial charge in [0.25, 0.3) is 0 Å². The number of rotatable bonds is 4. The Balaban J connectivity index is 2.51. The molecule has 168 valence electrons. The van der Waals surface area contributed by atoms with Gasteiger partial charge in [0.1, 0.15) is 17.5 Å². The molecule has 2 aromatic carbocycles. The van der Waals surface area contributed by atoms with Crippen LogP contribution in [0.25, 0.3) is 0 Å². The van der Waals surface area contributed by atoms with Gasteiger partial charge in [-0.3, -0.25) is 4.79 Å². The first-order chi connectivity index (χ1) is 15.8. The van der Waals surface area contributed by atoms with Gasteiger partial charge in [0.05, 0.1) is 37.8 Å². The minimum atomic E-state index is -2.17. The minimum absolute atomic E-state index is 0.136. The average molecular weight is 448 g/mol. The molecular formula is C25H21FN2O5. The van der Waals surface area contributed by atoms with Gasteiger partial charge in [-0.05, 0) is 24.1 Å². The number of aliphatic hydroxyl groups is 1. The Kier molecular flexibility index (Phi) is 6.50. The summed E-state index contributed by atoms with van der Waals surface area (Å²) in [5.41, 5.74) is -1.51. The molecule has 8 heteroatoms. The molecule has 0 heterocycles. The first-order valence-corrected chi connectivity index (χ1v) is 10.00. The fraction of sp³-hybridized carbons (Fsp3) is 0.280. The zero-order valence-corrected chi connectivity index (χ0v) is 18.2. The maximum Gasteiger partial charge on any atom is 0.337 e. The summed E-state index contributed by atoms with van der Waals surface area (Å²) in [7, 11) is 2.13. The van der Waals surface area contributed by atoms with Crippen LogP contribution in [0.3, 0.4) is 0 Å². The molecular weight excluding hydrogens is 427 g/mol. The molecule has 3 unspecified atom stereocenters. The highest BCUT2D eigenvalue weighted by Crippen LogP contribution is 2.59. The minimum Gasteiger partial charge on any atom is -0.511 e. The van der Waals surface area contributed by atoms with Crippen molar-refractivity contribution >= 4 is 11.9 Å². The van der Waals surface area contributed by atoms with Crippen LogP contribution >= 0.6 is 0 Å². The molecule has 1 aliphatic rings. The molecule has 0 saturated heterocycles. The van der Waals surface area contributed by atoms with Gasteiger partial charge in [0, 0.05) is 5.92 Å². The molecule has 3 atom stereocenters. The van der Waals surface area contributed by atoms with Crippen LogP contribution in [0.5, 0.6) is 0 Å². The van der Waals surface area contributed by atoms with Crippen LogP contribution in [0.4, 0.5) is 4.39 Å². The molecule has 1 N–H and O–H groups in total. The number of benzene rings is 2. The van der Waals surface area contributed by atoms with E-state index in [0.29, 0.717) is 5.56 Å². The van der Waals surface area contributed by atoms with E-state index in [-0.39, 0.29) is 5.56 Å². The van der Waals surface area contributed by atoms with Crippen LogP contribution in [0.15, 0.2) is 59.9 Å². The van der Waals surface area contributed by atoms with E-state index in [2.05, 4.69) is 0 Å². The fourth-order valence-corrected chi connectivity index (χ4v) is 4.48. The number of aryl methyl sites for hydroxylation is 1. The first kappa shape index (κ1) is 23.5. The molecule has 3 rings (SSSR count). The number of methoxy groups -OCH3 is 2. The summed E-state index contributed by atoms with van der Waals surface area (Å²) in [4.78, 5) is 25.7. The number of nitriles is 2. The fourth-order valence-electron chi connectivity index (χ4n) is 4.48. The monoisotopic (exact) mass is 448 g/mol. The third-order valence-corrected chi connectivity index (χ3v) is 6.02. The normalized spacial score (nSPS) is 21.5. The van der Waals surface area contributed by atoms with Gasteiger partial charge in [0.15, 0.2) is 5.41 Å². The second-order valence-corrected chi connectivity index (χ2v) is 7.73. The Bertz CT molecular complexity index is 1190. The summed E-state index contributed by atoms with van der Waals surface area (Å²) < 4.78 is 24.7. The number of carbonyl (C=O) groups excluding carboxylic acids is 2. The van der Waals surface area contributed by atoms with Crippen molar-refractivity contribution in [3.63, 3.8) is 0 Å². The van der Waals surface area contributed by atoms with E-state index in [1.54, 1.807) is 24.3 Å². The van der Waals surface area contributed by atoms with Gasteiger partial charge in [-0.2, -0.15) is 10.5 Å². The highest BCUT2D eigenvalue weighted by Gasteiger charge is 2.62. The van der Waals surface area contributed by atoms with Crippen molar-refractivity contribution in [2.45, 2.75) is 18.8 Å². The summed E-state index contributed by atoms with van der Waals surface area (Å²) in [5, 5.41) is 32.0. The van der Waals surface area contributed by atoms with Crippen LogP contribution in [0, 0.1) is 46.7 Å². The van der Waals surface area contributed by atoms with Crippen LogP contribution in [-0.4, -0.2) is 31.3 Å². The average Bonchev–Trinajstić information content (AvgIpc) is 2.83. The molecule has 0 amide bonds. The van der Waals surface area contributed by atoms with E-state index in [9.17, 15) is 25.2 Å². The van der Waals surface area contributed by atoms with E-state index in [4.69, 9.17) is 9.47 Å². The van der Waals surface area contributed by atoms with Crippen LogP contribution in [0.2, 0.25) is 0 Å². The van der Waals surface area contributed by atoms with Crippen molar-refractivity contribution in [3.05, 3.63) is 82.4 Å². The molecule has 0 aliphatic heterocycles. The lowest BCUT2D eigenvalue weighted by Crippen LogP contribution is -2.47. The molecule has 2 aromatic rings. The Hall–Kier alpha value is -4.17. The smallest absolute Gasteiger partial charge is 0.337 e. The highest BCUT2D eigenvalue weighted by atomic mass is 19.1. The summed E-state index contributed by atoms with van der Waals surface area (Å²) in [6, 6.07) is 15.9. The topological polar surface area (TPSA) is 120 Å². The number of aliphatic hydroxyl groups excluding tert-OH is 1. The number of ether oxygens (including phenoxy) is 2. The first-order valence-electron chi connectivity index (χ1n) is 10.00. The van der Waals surface area contributed by atoms with E-state index in [0.717, 1.165) is 25.8 Å². The van der Waals surface area contributed by atoms with Gasteiger partial charge in [-0.15, -0.1) is 0 Å². The SMILES string of the molecule is COC(=O)C1=C(O)C(C(=O)OC)C(c2ccccc2F)C(C#N)(C#N)C1c1ccc(C)cc1. The summed E-state index contributed by atoms with van der Waals surface area (Å²) in [6.07, 6.45) is 0. The van der Waals surface area contributed by atoms with E-state index >= 15 is 4.39 Å². The Labute approximate surface area is 190 Å². The molecule has 0 fully saturated rings. The van der Waals surface area contributed by atoms with Crippen molar-refractivity contribution in [1.82, 2.24) is 0 Å². The maximum absolute atomic E-state index is 15.0. The van der Waals surface area contributed by atoms with Crippen molar-refractivity contribution < 1.29 is 28.6 Å².